The Hall–Kier alpha value is -2.43. The fourth-order valence-electron chi connectivity index (χ4n) is 2.08. The first-order valence-electron chi connectivity index (χ1n) is 7.05. The summed E-state index contributed by atoms with van der Waals surface area (Å²) < 4.78 is 7.22. The molecule has 2 aromatic rings. The molecule has 0 aliphatic carbocycles. The van der Waals surface area contributed by atoms with Gasteiger partial charge in [0.1, 0.15) is 12.4 Å². The van der Waals surface area contributed by atoms with Crippen LogP contribution < -0.4 is 4.74 Å². The van der Waals surface area contributed by atoms with E-state index in [0.29, 0.717) is 29.1 Å². The number of rotatable bonds is 6. The molecule has 0 atom stereocenters. The van der Waals surface area contributed by atoms with Crippen LogP contribution in [-0.4, -0.2) is 11.5 Å². The van der Waals surface area contributed by atoms with Crippen molar-refractivity contribution in [3.8, 4) is 11.8 Å². The second-order valence-corrected chi connectivity index (χ2v) is 6.65. The highest BCUT2D eigenvalue weighted by atomic mass is 79.9. The minimum atomic E-state index is -0.480. The van der Waals surface area contributed by atoms with Crippen molar-refractivity contribution in [1.29, 1.82) is 5.26 Å². The second kappa shape index (κ2) is 8.60. The molecule has 0 amide bonds. The van der Waals surface area contributed by atoms with E-state index in [1.165, 1.54) is 12.1 Å². The molecule has 25 heavy (non-hydrogen) atoms. The molecule has 5 nitrogen and oxygen atoms in total. The van der Waals surface area contributed by atoms with Crippen LogP contribution in [0.15, 0.2) is 58.0 Å². The minimum Gasteiger partial charge on any atom is -0.488 e. The van der Waals surface area contributed by atoms with Gasteiger partial charge >= 0.3 is 0 Å². The van der Waals surface area contributed by atoms with Crippen molar-refractivity contribution in [3.63, 3.8) is 0 Å². The molecule has 0 bridgehead atoms. The fraction of sp³-hybridized carbons (Fsp3) is 0.0556. The third-order valence-corrected chi connectivity index (χ3v) is 4.24. The smallest absolute Gasteiger partial charge is 0.269 e. The zero-order chi connectivity index (χ0) is 18.4. The van der Waals surface area contributed by atoms with Crippen molar-refractivity contribution >= 4 is 49.2 Å². The number of nitrogens with zero attached hydrogens (tertiary/aromatic N) is 2. The average Bonchev–Trinajstić information content (AvgIpc) is 2.58. The molecule has 0 saturated heterocycles. The number of halogens is 2. The van der Waals surface area contributed by atoms with Gasteiger partial charge in [0.2, 0.25) is 0 Å². The number of benzene rings is 2. The Morgan fingerprint density at radius 2 is 2.00 bits per heavy atom. The topological polar surface area (TPSA) is 76.2 Å². The van der Waals surface area contributed by atoms with Gasteiger partial charge in [-0.1, -0.05) is 28.6 Å². The molecule has 2 aromatic carbocycles. The van der Waals surface area contributed by atoms with Gasteiger partial charge < -0.3 is 4.74 Å². The SMILES string of the molecule is C=CCOc1c(Br)cc(Br)cc1/C=C(\C#N)c1ccc([N+](=O)[O-])cc1. The predicted molar refractivity (Wildman–Crippen MR) is 104 cm³/mol. The first-order chi connectivity index (χ1) is 12.0. The lowest BCUT2D eigenvalue weighted by atomic mass is 10.0. The highest BCUT2D eigenvalue weighted by Gasteiger charge is 2.12. The Balaban J connectivity index is 2.50. The van der Waals surface area contributed by atoms with Crippen LogP contribution in [0.4, 0.5) is 5.69 Å². The van der Waals surface area contributed by atoms with Crippen LogP contribution in [0.2, 0.25) is 0 Å². The van der Waals surface area contributed by atoms with E-state index < -0.39 is 4.92 Å². The number of ether oxygens (including phenoxy) is 1. The Morgan fingerprint density at radius 3 is 2.56 bits per heavy atom. The molecule has 0 spiro atoms. The fourth-order valence-corrected chi connectivity index (χ4v) is 3.45. The molecule has 0 heterocycles. The molecule has 0 saturated carbocycles. The average molecular weight is 464 g/mol. The molecule has 0 N–H and O–H groups in total. The quantitative estimate of drug-likeness (QED) is 0.180. The van der Waals surface area contributed by atoms with E-state index in [0.717, 1.165) is 8.95 Å². The van der Waals surface area contributed by atoms with Gasteiger partial charge in [0.25, 0.3) is 5.69 Å². The van der Waals surface area contributed by atoms with Crippen LogP contribution in [0.3, 0.4) is 0 Å². The first kappa shape index (κ1) is 18.9. The van der Waals surface area contributed by atoms with E-state index in [4.69, 9.17) is 4.74 Å². The first-order valence-corrected chi connectivity index (χ1v) is 8.64. The summed E-state index contributed by atoms with van der Waals surface area (Å²) in [5.74, 6) is 0.581. The molecule has 0 radical (unpaired) electrons. The van der Waals surface area contributed by atoms with Crippen molar-refractivity contribution in [2.24, 2.45) is 0 Å². The third-order valence-electron chi connectivity index (χ3n) is 3.19. The van der Waals surface area contributed by atoms with Crippen molar-refractivity contribution < 1.29 is 9.66 Å². The van der Waals surface area contributed by atoms with Crippen LogP contribution in [0, 0.1) is 21.4 Å². The van der Waals surface area contributed by atoms with E-state index in [9.17, 15) is 15.4 Å². The summed E-state index contributed by atoms with van der Waals surface area (Å²) in [7, 11) is 0. The van der Waals surface area contributed by atoms with E-state index in [1.54, 1.807) is 24.3 Å². The lowest BCUT2D eigenvalue weighted by Crippen LogP contribution is -1.97. The summed E-state index contributed by atoms with van der Waals surface area (Å²) in [5.41, 5.74) is 1.61. The Labute approximate surface area is 161 Å². The summed E-state index contributed by atoms with van der Waals surface area (Å²) in [6.45, 7) is 3.95. The maximum atomic E-state index is 10.8. The van der Waals surface area contributed by atoms with Gasteiger partial charge in [0, 0.05) is 22.2 Å². The van der Waals surface area contributed by atoms with Gasteiger partial charge in [-0.2, -0.15) is 5.26 Å². The van der Waals surface area contributed by atoms with Crippen molar-refractivity contribution in [1.82, 2.24) is 0 Å². The monoisotopic (exact) mass is 462 g/mol. The number of nitro benzene ring substituents is 1. The molecule has 0 aromatic heterocycles. The summed E-state index contributed by atoms with van der Waals surface area (Å²) in [4.78, 5) is 10.3. The number of non-ortho nitro benzene ring substituents is 1. The predicted octanol–water partition coefficient (Wildman–Crippen LogP) is 5.75. The molecule has 0 aliphatic heterocycles. The normalized spacial score (nSPS) is 10.8. The zero-order valence-corrected chi connectivity index (χ0v) is 16.1. The summed E-state index contributed by atoms with van der Waals surface area (Å²) in [6.07, 6.45) is 3.30. The van der Waals surface area contributed by atoms with Crippen LogP contribution >= 0.6 is 31.9 Å². The van der Waals surface area contributed by atoms with E-state index in [-0.39, 0.29) is 5.69 Å². The number of nitriles is 1. The number of allylic oxidation sites excluding steroid dienone is 1. The molecule has 2 rings (SSSR count). The number of nitro groups is 1. The van der Waals surface area contributed by atoms with Crippen LogP contribution in [-0.2, 0) is 0 Å². The van der Waals surface area contributed by atoms with Crippen molar-refractivity contribution in [2.45, 2.75) is 0 Å². The Bertz CT molecular complexity index is 884. The number of hydrogen-bond donors (Lipinski definition) is 0. The highest BCUT2D eigenvalue weighted by molar-refractivity contribution is 9.11. The maximum Gasteiger partial charge on any atom is 0.269 e. The molecule has 0 fully saturated rings. The summed E-state index contributed by atoms with van der Waals surface area (Å²) in [5, 5.41) is 20.2. The second-order valence-electron chi connectivity index (χ2n) is 4.88. The Kier molecular flexibility index (Phi) is 6.51. The van der Waals surface area contributed by atoms with E-state index in [1.807, 2.05) is 12.1 Å². The standard InChI is InChI=1S/C18H12Br2N2O3/c1-2-7-25-18-13(9-15(19)10-17(18)20)8-14(11-21)12-3-5-16(6-4-12)22(23)24/h2-6,8-10H,1,7H2/b14-8+. The third kappa shape index (κ3) is 4.78. The van der Waals surface area contributed by atoms with Gasteiger partial charge in [0.15, 0.2) is 0 Å². The van der Waals surface area contributed by atoms with Crippen LogP contribution in [0.25, 0.3) is 11.6 Å². The summed E-state index contributed by atoms with van der Waals surface area (Å²) >= 11 is 6.86. The highest BCUT2D eigenvalue weighted by Crippen LogP contribution is 2.35. The van der Waals surface area contributed by atoms with E-state index >= 15 is 0 Å². The number of hydrogen-bond acceptors (Lipinski definition) is 4. The van der Waals surface area contributed by atoms with Gasteiger partial charge in [-0.15, -0.1) is 0 Å². The largest absolute Gasteiger partial charge is 0.488 e. The van der Waals surface area contributed by atoms with Gasteiger partial charge in [-0.25, -0.2) is 0 Å². The molecule has 0 aliphatic rings. The lowest BCUT2D eigenvalue weighted by molar-refractivity contribution is -0.384. The van der Waals surface area contributed by atoms with Crippen molar-refractivity contribution in [2.75, 3.05) is 6.61 Å². The van der Waals surface area contributed by atoms with Crippen LogP contribution in [0.1, 0.15) is 11.1 Å². The van der Waals surface area contributed by atoms with Crippen LogP contribution in [0.5, 0.6) is 5.75 Å². The minimum absolute atomic E-state index is 0.0266. The molecule has 0 unspecified atom stereocenters. The van der Waals surface area contributed by atoms with Gasteiger partial charge in [-0.05, 0) is 51.8 Å². The van der Waals surface area contributed by atoms with Gasteiger partial charge in [-0.3, -0.25) is 10.1 Å². The molecule has 7 heteroatoms. The summed E-state index contributed by atoms with van der Waals surface area (Å²) in [6, 6.07) is 11.6. The Morgan fingerprint density at radius 1 is 1.32 bits per heavy atom. The molecular weight excluding hydrogens is 452 g/mol. The van der Waals surface area contributed by atoms with Crippen molar-refractivity contribution in [3.05, 3.63) is 79.2 Å². The maximum absolute atomic E-state index is 10.8. The zero-order valence-electron chi connectivity index (χ0n) is 12.9. The molecular formula is C18H12Br2N2O3. The lowest BCUT2D eigenvalue weighted by Gasteiger charge is -2.11. The van der Waals surface area contributed by atoms with Gasteiger partial charge in [0.05, 0.1) is 21.0 Å². The van der Waals surface area contributed by atoms with E-state index in [2.05, 4.69) is 44.5 Å². The molecule has 126 valence electrons.